The molecule has 19 atom stereocenters. The number of rotatable bonds is 3. The number of ether oxygens (including phenoxy) is 4. The highest BCUT2D eigenvalue weighted by Crippen LogP contribution is 2.38. The van der Waals surface area contributed by atoms with Crippen LogP contribution in [0, 0.1) is 23.7 Å². The first-order valence-corrected chi connectivity index (χ1v) is 22.6. The summed E-state index contributed by atoms with van der Waals surface area (Å²) in [6, 6.07) is 0. The predicted molar refractivity (Wildman–Crippen MR) is 238 cm³/mol. The van der Waals surface area contributed by atoms with Gasteiger partial charge >= 0.3 is 11.9 Å². The molecule has 2 bridgehead atoms. The molecule has 0 aliphatic carbocycles. The van der Waals surface area contributed by atoms with Gasteiger partial charge in [0.2, 0.25) is 0 Å². The molecule has 2 saturated heterocycles. The van der Waals surface area contributed by atoms with Crippen molar-refractivity contribution in [2.45, 2.75) is 177 Å². The van der Waals surface area contributed by atoms with E-state index in [2.05, 4.69) is 0 Å². The monoisotopic (exact) mass is 922 g/mol. The van der Waals surface area contributed by atoms with Gasteiger partial charge in [-0.15, -0.1) is 0 Å². The van der Waals surface area contributed by atoms with Crippen LogP contribution in [-0.2, 0) is 28.5 Å². The van der Waals surface area contributed by atoms with Crippen molar-refractivity contribution in [3.63, 3.8) is 0 Å². The van der Waals surface area contributed by atoms with Gasteiger partial charge in [-0.3, -0.25) is 9.59 Å². The van der Waals surface area contributed by atoms with Crippen molar-refractivity contribution >= 4 is 11.9 Å². The van der Waals surface area contributed by atoms with E-state index in [4.69, 9.17) is 18.9 Å². The molecule has 3 rings (SSSR count). The molecule has 0 aromatic heterocycles. The Hall–Kier alpha value is -3.40. The normalized spacial score (nSPS) is 45.5. The van der Waals surface area contributed by atoms with Gasteiger partial charge in [-0.25, -0.2) is 0 Å². The summed E-state index contributed by atoms with van der Waals surface area (Å²) in [5.74, 6) is -7.40. The molecule has 0 amide bonds. The summed E-state index contributed by atoms with van der Waals surface area (Å²) in [5.41, 5.74) is 0. The molecule has 3 aliphatic heterocycles. The van der Waals surface area contributed by atoms with Crippen molar-refractivity contribution in [2.24, 2.45) is 23.7 Å². The summed E-state index contributed by atoms with van der Waals surface area (Å²) in [4.78, 5) is 25.1. The van der Waals surface area contributed by atoms with Gasteiger partial charge in [-0.1, -0.05) is 106 Å². The molecule has 0 spiro atoms. The van der Waals surface area contributed by atoms with Crippen LogP contribution in [0.25, 0.3) is 0 Å². The zero-order chi connectivity index (χ0) is 48.4. The van der Waals surface area contributed by atoms with Gasteiger partial charge in [0.05, 0.1) is 73.6 Å². The summed E-state index contributed by atoms with van der Waals surface area (Å²) in [6.45, 7) is 8.46. The summed E-state index contributed by atoms with van der Waals surface area (Å²) >= 11 is 0. The van der Waals surface area contributed by atoms with Crippen molar-refractivity contribution in [1.29, 1.82) is 0 Å². The highest BCUT2D eigenvalue weighted by Gasteiger charge is 2.51. The second-order valence-corrected chi connectivity index (χ2v) is 17.8. The Morgan fingerprint density at radius 3 is 1.77 bits per heavy atom. The molecule has 368 valence electrons. The highest BCUT2D eigenvalue weighted by molar-refractivity contribution is 5.71. The molecule has 0 aromatic rings. The molecule has 0 radical (unpaired) electrons. The molecule has 17 heteroatoms. The van der Waals surface area contributed by atoms with Gasteiger partial charge in [0.25, 0.3) is 0 Å². The quantitative estimate of drug-likeness (QED) is 0.181. The smallest absolute Gasteiger partial charge is 0.311 e. The van der Waals surface area contributed by atoms with Gasteiger partial charge in [-0.2, -0.15) is 0 Å². The van der Waals surface area contributed by atoms with Crippen molar-refractivity contribution in [1.82, 2.24) is 0 Å². The Bertz CT molecular complexity index is 1660. The maximum Gasteiger partial charge on any atom is 0.311 e. The van der Waals surface area contributed by atoms with Gasteiger partial charge in [-0.05, 0) is 33.1 Å². The van der Waals surface area contributed by atoms with Crippen LogP contribution in [0.5, 0.6) is 0 Å². The fraction of sp³-hybridized carbons (Fsp3) is 0.667. The molecule has 1 unspecified atom stereocenters. The van der Waals surface area contributed by atoms with Crippen molar-refractivity contribution < 1.29 is 84.7 Å². The van der Waals surface area contributed by atoms with E-state index in [0.717, 1.165) is 0 Å². The minimum Gasteiger partial charge on any atom is -0.481 e. The Morgan fingerprint density at radius 2 is 1.18 bits per heavy atom. The fourth-order valence-corrected chi connectivity index (χ4v) is 8.15. The van der Waals surface area contributed by atoms with E-state index in [0.29, 0.717) is 0 Å². The Morgan fingerprint density at radius 1 is 0.615 bits per heavy atom. The van der Waals surface area contributed by atoms with Crippen LogP contribution >= 0.6 is 0 Å². The Labute approximate surface area is 382 Å². The number of hydrogen-bond acceptors (Lipinski definition) is 16. The summed E-state index contributed by atoms with van der Waals surface area (Å²) in [5, 5.41) is 118. The number of aliphatic hydroxyl groups excluding tert-OH is 9. The third-order valence-electron chi connectivity index (χ3n) is 12.3. The van der Waals surface area contributed by atoms with Gasteiger partial charge in [0.15, 0.2) is 12.1 Å². The Balaban J connectivity index is 1.86. The lowest BCUT2D eigenvalue weighted by Gasteiger charge is -2.45. The number of hydrogen-bond donors (Lipinski definition) is 11. The lowest BCUT2D eigenvalue weighted by atomic mass is 9.82. The predicted octanol–water partition coefficient (Wildman–Crippen LogP) is 2.02. The molecule has 17 nitrogen and oxygen atoms in total. The first-order valence-electron chi connectivity index (χ1n) is 22.6. The van der Waals surface area contributed by atoms with E-state index in [1.165, 1.54) is 0 Å². The first-order chi connectivity index (χ1) is 30.6. The first kappa shape index (κ1) is 55.9. The van der Waals surface area contributed by atoms with Crippen LogP contribution in [0.15, 0.2) is 85.1 Å². The standard InChI is InChI=1S/C48H74O17/c1-28-18-16-14-12-10-8-6-7-9-11-13-15-17-19-36(64-47-45(58)30(3)44(57)32(5)63-47)25-40-42(46(59)60)39(54)27-48(61,65-40)26-35(51)23-38(53)37(52)21-20-33(49)22-34(50)24-41(55)62-31(4)29(2)43(28)56/h6-19,28-40,42-45,47,49-54,56-58,61H,20-27H2,1-5H3,(H,59,60)/b7-6+,10-8+,11-9+,14-12+,15-13+,18-16+,19-17+/t28-,29-,30-,31-,32+,33+,34+,35-,36-,37+,38+,39-,40+,42+,43+,44-,45-,47?,48+/m0/s1. The van der Waals surface area contributed by atoms with E-state index in [9.17, 15) is 65.8 Å². The van der Waals surface area contributed by atoms with Crippen LogP contribution in [0.3, 0.4) is 0 Å². The number of cyclic esters (lactones) is 1. The van der Waals surface area contributed by atoms with E-state index < -0.39 is 147 Å². The lowest BCUT2D eigenvalue weighted by Crippen LogP contribution is -2.57. The summed E-state index contributed by atoms with van der Waals surface area (Å²) < 4.78 is 23.3. The number of carbonyl (C=O) groups excluding carboxylic acids is 1. The minimum atomic E-state index is -2.31. The maximum absolute atomic E-state index is 12.6. The Kier molecular flexibility index (Phi) is 23.6. The molecule has 11 N–H and O–H groups in total. The van der Waals surface area contributed by atoms with E-state index in [1.54, 1.807) is 82.4 Å². The average Bonchev–Trinajstić information content (AvgIpc) is 3.21. The second kappa shape index (κ2) is 27.4. The molecule has 0 saturated carbocycles. The van der Waals surface area contributed by atoms with Gasteiger partial charge in [0.1, 0.15) is 18.1 Å². The molecule has 2 fully saturated rings. The van der Waals surface area contributed by atoms with Gasteiger partial charge in [0, 0.05) is 43.4 Å². The second-order valence-electron chi connectivity index (χ2n) is 17.8. The number of carbonyl (C=O) groups is 2. The minimum absolute atomic E-state index is 0.100. The van der Waals surface area contributed by atoms with E-state index in [-0.39, 0.29) is 31.6 Å². The fourth-order valence-electron chi connectivity index (χ4n) is 8.15. The zero-order valence-corrected chi connectivity index (χ0v) is 38.0. The number of fused-ring (bicyclic) bond motifs is 2. The summed E-state index contributed by atoms with van der Waals surface area (Å²) in [6.07, 6.45) is 4.63. The number of aliphatic carboxylic acids is 1. The van der Waals surface area contributed by atoms with Gasteiger partial charge < -0.3 is 75.1 Å². The molecule has 3 heterocycles. The lowest BCUT2D eigenvalue weighted by molar-refractivity contribution is -0.311. The largest absolute Gasteiger partial charge is 0.481 e. The third kappa shape index (κ3) is 18.7. The maximum atomic E-state index is 12.6. The molecule has 0 aromatic carbocycles. The van der Waals surface area contributed by atoms with Crippen LogP contribution in [-0.4, -0.2) is 160 Å². The average molecular weight is 923 g/mol. The molecule has 65 heavy (non-hydrogen) atoms. The van der Waals surface area contributed by atoms with Crippen LogP contribution < -0.4 is 0 Å². The third-order valence-corrected chi connectivity index (χ3v) is 12.3. The van der Waals surface area contributed by atoms with E-state index in [1.807, 2.05) is 37.3 Å². The van der Waals surface area contributed by atoms with Crippen molar-refractivity contribution in [3.8, 4) is 0 Å². The molecule has 3 aliphatic rings. The summed E-state index contributed by atoms with van der Waals surface area (Å²) in [7, 11) is 0. The topological polar surface area (TPSA) is 294 Å². The number of allylic oxidation sites excluding steroid dienone is 12. The highest BCUT2D eigenvalue weighted by atomic mass is 16.7. The molecular formula is C48H74O17. The molecular weight excluding hydrogens is 849 g/mol. The SMILES string of the molecule is C[C@@H]1[C@H](O)[C@@H](C)/C=C/C=C/C=C/C=C/C=C/C=C/C=C/[C@H](OC2O[C@H](C)[C@@H](O)[C@H](C)[C@@H]2O)C[C@H]2O[C@](O)(C[C@@H](O)C[C@@H](O)[C@H](O)CC[C@@H](O)C[C@@H](O)CC(=O)O[C@H]1C)C[C@H](O)[C@H]2C(=O)O. The number of carboxylic acid groups (broad SMARTS) is 1. The number of carboxylic acids is 1. The zero-order valence-electron chi connectivity index (χ0n) is 38.0. The van der Waals surface area contributed by atoms with Crippen LogP contribution in [0.2, 0.25) is 0 Å². The number of aliphatic hydroxyl groups is 10. The van der Waals surface area contributed by atoms with Crippen LogP contribution in [0.1, 0.15) is 86.0 Å². The van der Waals surface area contributed by atoms with E-state index >= 15 is 0 Å². The van der Waals surface area contributed by atoms with Crippen LogP contribution in [0.4, 0.5) is 0 Å². The number of esters is 1. The van der Waals surface area contributed by atoms with Crippen molar-refractivity contribution in [2.75, 3.05) is 0 Å². The van der Waals surface area contributed by atoms with Crippen molar-refractivity contribution in [3.05, 3.63) is 85.1 Å².